The number of carbonyl (C=O) groups is 1. The maximum absolute atomic E-state index is 13.0. The number of nitrogens with one attached hydrogen (secondary N) is 1. The number of halogens is 2. The number of aromatic nitrogens is 3. The van der Waals surface area contributed by atoms with Gasteiger partial charge in [0.2, 0.25) is 0 Å². The standard InChI is InChI=1S/C18H16ClFN4O/c1-11(13-3-7-15(20)8-4-13)21-18(25)17-12(2)24(23-22-17)16-9-5-14(19)6-10-16/h3-11H,1-2H3,(H,21,25). The fourth-order valence-corrected chi connectivity index (χ4v) is 2.59. The lowest BCUT2D eigenvalue weighted by atomic mass is 10.1. The van der Waals surface area contributed by atoms with E-state index in [9.17, 15) is 9.18 Å². The van der Waals surface area contributed by atoms with E-state index in [2.05, 4.69) is 15.6 Å². The lowest BCUT2D eigenvalue weighted by Gasteiger charge is -2.13. The molecule has 5 nitrogen and oxygen atoms in total. The number of amides is 1. The highest BCUT2D eigenvalue weighted by Gasteiger charge is 2.19. The van der Waals surface area contributed by atoms with Crippen LogP contribution in [0.2, 0.25) is 5.02 Å². The number of rotatable bonds is 4. The molecule has 0 aliphatic carbocycles. The molecule has 1 heterocycles. The summed E-state index contributed by atoms with van der Waals surface area (Å²) in [6.07, 6.45) is 0. The average Bonchev–Trinajstić information content (AvgIpc) is 2.98. The quantitative estimate of drug-likeness (QED) is 0.770. The van der Waals surface area contributed by atoms with E-state index >= 15 is 0 Å². The zero-order valence-corrected chi connectivity index (χ0v) is 14.5. The van der Waals surface area contributed by atoms with Gasteiger partial charge < -0.3 is 5.32 Å². The van der Waals surface area contributed by atoms with Gasteiger partial charge in [-0.25, -0.2) is 9.07 Å². The van der Waals surface area contributed by atoms with Crippen molar-refractivity contribution in [1.82, 2.24) is 20.3 Å². The topological polar surface area (TPSA) is 59.8 Å². The highest BCUT2D eigenvalue weighted by atomic mass is 35.5. The van der Waals surface area contributed by atoms with Crippen LogP contribution in [0.15, 0.2) is 48.5 Å². The first-order valence-corrected chi connectivity index (χ1v) is 8.08. The van der Waals surface area contributed by atoms with Crippen LogP contribution in [0.3, 0.4) is 0 Å². The third-order valence-corrected chi connectivity index (χ3v) is 4.15. The molecule has 1 N–H and O–H groups in total. The predicted octanol–water partition coefficient (Wildman–Crippen LogP) is 3.86. The van der Waals surface area contributed by atoms with Crippen molar-refractivity contribution >= 4 is 17.5 Å². The average molecular weight is 359 g/mol. The summed E-state index contributed by atoms with van der Waals surface area (Å²) in [5, 5.41) is 11.5. The van der Waals surface area contributed by atoms with E-state index in [0.717, 1.165) is 11.3 Å². The molecule has 128 valence electrons. The van der Waals surface area contributed by atoms with Crippen molar-refractivity contribution in [3.8, 4) is 5.69 Å². The Hall–Kier alpha value is -2.73. The van der Waals surface area contributed by atoms with Crippen molar-refractivity contribution in [3.05, 3.63) is 76.3 Å². The van der Waals surface area contributed by atoms with Gasteiger partial charge in [-0.15, -0.1) is 5.10 Å². The highest BCUT2D eigenvalue weighted by Crippen LogP contribution is 2.17. The molecular weight excluding hydrogens is 343 g/mol. The molecule has 25 heavy (non-hydrogen) atoms. The Kier molecular flexibility index (Phi) is 4.81. The molecule has 0 fully saturated rings. The second kappa shape index (κ2) is 7.03. The Morgan fingerprint density at radius 3 is 2.44 bits per heavy atom. The molecule has 2 aromatic carbocycles. The maximum Gasteiger partial charge on any atom is 0.274 e. The lowest BCUT2D eigenvalue weighted by Crippen LogP contribution is -2.27. The summed E-state index contributed by atoms with van der Waals surface area (Å²) in [6, 6.07) is 12.8. The van der Waals surface area contributed by atoms with E-state index in [1.165, 1.54) is 12.1 Å². The van der Waals surface area contributed by atoms with Crippen LogP contribution in [0, 0.1) is 12.7 Å². The molecule has 0 spiro atoms. The van der Waals surface area contributed by atoms with E-state index in [4.69, 9.17) is 11.6 Å². The fraction of sp³-hybridized carbons (Fsp3) is 0.167. The van der Waals surface area contributed by atoms with Crippen LogP contribution >= 0.6 is 11.6 Å². The molecule has 0 bridgehead atoms. The lowest BCUT2D eigenvalue weighted by molar-refractivity contribution is 0.0934. The minimum Gasteiger partial charge on any atom is -0.344 e. The largest absolute Gasteiger partial charge is 0.344 e. The molecule has 7 heteroatoms. The Labute approximate surface area is 149 Å². The van der Waals surface area contributed by atoms with Crippen LogP contribution in [0.25, 0.3) is 5.69 Å². The molecule has 0 radical (unpaired) electrons. The summed E-state index contributed by atoms with van der Waals surface area (Å²) < 4.78 is 14.6. The minimum absolute atomic E-state index is 0.240. The van der Waals surface area contributed by atoms with E-state index in [-0.39, 0.29) is 23.5 Å². The van der Waals surface area contributed by atoms with Gasteiger partial charge in [-0.3, -0.25) is 4.79 Å². The van der Waals surface area contributed by atoms with Gasteiger partial charge in [-0.05, 0) is 55.8 Å². The van der Waals surface area contributed by atoms with Crippen molar-refractivity contribution in [2.45, 2.75) is 19.9 Å². The molecular formula is C18H16ClFN4O. The van der Waals surface area contributed by atoms with E-state index < -0.39 is 0 Å². The van der Waals surface area contributed by atoms with Gasteiger partial charge in [-0.1, -0.05) is 28.9 Å². The van der Waals surface area contributed by atoms with Crippen molar-refractivity contribution in [1.29, 1.82) is 0 Å². The molecule has 1 unspecified atom stereocenters. The number of benzene rings is 2. The van der Waals surface area contributed by atoms with Crippen molar-refractivity contribution in [2.75, 3.05) is 0 Å². The molecule has 3 aromatic rings. The van der Waals surface area contributed by atoms with Crippen LogP contribution in [-0.4, -0.2) is 20.9 Å². The number of carbonyl (C=O) groups excluding carboxylic acids is 1. The number of nitrogens with zero attached hydrogens (tertiary/aromatic N) is 3. The molecule has 0 aliphatic rings. The van der Waals surface area contributed by atoms with Gasteiger partial charge in [0.1, 0.15) is 5.82 Å². The van der Waals surface area contributed by atoms with Crippen LogP contribution in [0.5, 0.6) is 0 Å². The normalized spacial score (nSPS) is 12.0. The van der Waals surface area contributed by atoms with Gasteiger partial charge >= 0.3 is 0 Å². The van der Waals surface area contributed by atoms with E-state index in [1.54, 1.807) is 48.0 Å². The predicted molar refractivity (Wildman–Crippen MR) is 93.4 cm³/mol. The van der Waals surface area contributed by atoms with Crippen LogP contribution in [0.1, 0.15) is 34.7 Å². The second-order valence-corrected chi connectivity index (χ2v) is 6.09. The fourth-order valence-electron chi connectivity index (χ4n) is 2.47. The van der Waals surface area contributed by atoms with Gasteiger partial charge in [0.05, 0.1) is 17.4 Å². The summed E-state index contributed by atoms with van der Waals surface area (Å²) in [4.78, 5) is 12.5. The molecule has 1 atom stereocenters. The molecule has 0 aliphatic heterocycles. The van der Waals surface area contributed by atoms with E-state index in [1.807, 2.05) is 6.92 Å². The van der Waals surface area contributed by atoms with Gasteiger partial charge in [0, 0.05) is 5.02 Å². The summed E-state index contributed by atoms with van der Waals surface area (Å²) in [6.45, 7) is 3.59. The van der Waals surface area contributed by atoms with Crippen molar-refractivity contribution in [3.63, 3.8) is 0 Å². The van der Waals surface area contributed by atoms with Gasteiger partial charge in [-0.2, -0.15) is 0 Å². The smallest absolute Gasteiger partial charge is 0.274 e. The Morgan fingerprint density at radius 2 is 1.80 bits per heavy atom. The van der Waals surface area contributed by atoms with Gasteiger partial charge in [0.15, 0.2) is 5.69 Å². The Morgan fingerprint density at radius 1 is 1.16 bits per heavy atom. The first-order valence-electron chi connectivity index (χ1n) is 7.70. The van der Waals surface area contributed by atoms with Crippen molar-refractivity contribution < 1.29 is 9.18 Å². The second-order valence-electron chi connectivity index (χ2n) is 5.66. The van der Waals surface area contributed by atoms with Crippen molar-refractivity contribution in [2.24, 2.45) is 0 Å². The molecule has 0 saturated heterocycles. The highest BCUT2D eigenvalue weighted by molar-refractivity contribution is 6.30. The van der Waals surface area contributed by atoms with Crippen LogP contribution in [0.4, 0.5) is 4.39 Å². The Bertz CT molecular complexity index is 890. The third kappa shape index (κ3) is 3.69. The zero-order valence-electron chi connectivity index (χ0n) is 13.7. The third-order valence-electron chi connectivity index (χ3n) is 3.90. The number of hydrogen-bond acceptors (Lipinski definition) is 3. The molecule has 0 saturated carbocycles. The molecule has 1 amide bonds. The summed E-state index contributed by atoms with van der Waals surface area (Å²) in [7, 11) is 0. The molecule has 3 rings (SSSR count). The summed E-state index contributed by atoms with van der Waals surface area (Å²) in [5.74, 6) is -0.654. The van der Waals surface area contributed by atoms with Crippen LogP contribution < -0.4 is 5.32 Å². The van der Waals surface area contributed by atoms with Crippen LogP contribution in [-0.2, 0) is 0 Å². The number of hydrogen-bond donors (Lipinski definition) is 1. The Balaban J connectivity index is 1.79. The maximum atomic E-state index is 13.0. The SMILES string of the molecule is Cc1c(C(=O)NC(C)c2ccc(F)cc2)nnn1-c1ccc(Cl)cc1. The summed E-state index contributed by atoms with van der Waals surface area (Å²) >= 11 is 5.89. The molecule has 1 aromatic heterocycles. The van der Waals surface area contributed by atoms with Gasteiger partial charge in [0.25, 0.3) is 5.91 Å². The minimum atomic E-state index is -0.338. The summed E-state index contributed by atoms with van der Waals surface area (Å²) in [5.41, 5.74) is 2.42. The zero-order chi connectivity index (χ0) is 18.0. The first kappa shape index (κ1) is 17.1. The monoisotopic (exact) mass is 358 g/mol. The van der Waals surface area contributed by atoms with E-state index in [0.29, 0.717) is 10.7 Å². The first-order chi connectivity index (χ1) is 12.0.